The molecule has 0 aliphatic heterocycles. The van der Waals surface area contributed by atoms with Crippen LogP contribution in [0.1, 0.15) is 56.3 Å². The molecule has 0 spiro atoms. The summed E-state index contributed by atoms with van der Waals surface area (Å²) in [6, 6.07) is 59.4. The second-order valence-electron chi connectivity index (χ2n) is 13.4. The van der Waals surface area contributed by atoms with Gasteiger partial charge in [0.2, 0.25) is 0 Å². The molecule has 0 N–H and O–H groups in total. The quantitative estimate of drug-likeness (QED) is 0.184. The van der Waals surface area contributed by atoms with E-state index in [2.05, 4.69) is 184 Å². The van der Waals surface area contributed by atoms with Crippen LogP contribution in [0.2, 0.25) is 0 Å². The van der Waals surface area contributed by atoms with E-state index < -0.39 is 5.41 Å². The molecule has 1 unspecified atom stereocenters. The van der Waals surface area contributed by atoms with Crippen molar-refractivity contribution in [2.75, 3.05) is 0 Å². The fourth-order valence-electron chi connectivity index (χ4n) is 8.90. The number of hydrogen-bond donors (Lipinski definition) is 0. The highest BCUT2D eigenvalue weighted by molar-refractivity contribution is 5.98. The van der Waals surface area contributed by atoms with Crippen LogP contribution in [-0.2, 0) is 5.41 Å². The van der Waals surface area contributed by atoms with Crippen molar-refractivity contribution in [1.29, 1.82) is 0 Å². The number of fused-ring (bicyclic) bond motifs is 5. The van der Waals surface area contributed by atoms with Gasteiger partial charge in [0.25, 0.3) is 0 Å². The van der Waals surface area contributed by atoms with Gasteiger partial charge < -0.3 is 0 Å². The lowest BCUT2D eigenvalue weighted by atomic mass is 9.55. The number of rotatable bonds is 5. The Morgan fingerprint density at radius 3 is 1.68 bits per heavy atom. The van der Waals surface area contributed by atoms with Gasteiger partial charge in [-0.15, -0.1) is 0 Å². The zero-order valence-corrected chi connectivity index (χ0v) is 26.8. The van der Waals surface area contributed by atoms with Crippen molar-refractivity contribution in [2.24, 2.45) is 0 Å². The largest absolute Gasteiger partial charge is 0.0751 e. The van der Waals surface area contributed by atoms with Crippen LogP contribution in [0.3, 0.4) is 0 Å². The first-order valence-electron chi connectivity index (χ1n) is 16.8. The normalized spacial score (nSPS) is 15.1. The Kier molecular flexibility index (Phi) is 6.40. The van der Waals surface area contributed by atoms with Gasteiger partial charge in [-0.05, 0) is 80.3 Å². The van der Waals surface area contributed by atoms with Crippen molar-refractivity contribution in [1.82, 2.24) is 0 Å². The molecule has 0 nitrogen and oxygen atoms in total. The van der Waals surface area contributed by atoms with Crippen LogP contribution in [0.5, 0.6) is 0 Å². The summed E-state index contributed by atoms with van der Waals surface area (Å²) in [4.78, 5) is 0. The molecule has 2 aliphatic carbocycles. The van der Waals surface area contributed by atoms with E-state index in [0.717, 1.165) is 0 Å². The highest BCUT2D eigenvalue weighted by Gasteiger charge is 2.53. The summed E-state index contributed by atoms with van der Waals surface area (Å²) in [7, 11) is 0. The monoisotopic (exact) mass is 600 g/mol. The summed E-state index contributed by atoms with van der Waals surface area (Å²) in [5.41, 5.74) is 15.7. The fourth-order valence-corrected chi connectivity index (χ4v) is 8.90. The lowest BCUT2D eigenvalue weighted by Crippen LogP contribution is -2.40. The predicted molar refractivity (Wildman–Crippen MR) is 198 cm³/mol. The van der Waals surface area contributed by atoms with Gasteiger partial charge in [0.1, 0.15) is 0 Å². The van der Waals surface area contributed by atoms with Crippen LogP contribution in [0.4, 0.5) is 0 Å². The summed E-state index contributed by atoms with van der Waals surface area (Å²) in [5.74, 6) is 0.167. The van der Waals surface area contributed by atoms with Gasteiger partial charge in [-0.25, -0.2) is 0 Å². The van der Waals surface area contributed by atoms with Gasteiger partial charge in [-0.1, -0.05) is 181 Å². The first kappa shape index (κ1) is 27.8. The zero-order chi connectivity index (χ0) is 31.5. The smallest absolute Gasteiger partial charge is 0.0415 e. The summed E-state index contributed by atoms with van der Waals surface area (Å²) in [5, 5.41) is 2.56. The molecule has 0 heterocycles. The van der Waals surface area contributed by atoms with Crippen molar-refractivity contribution < 1.29 is 0 Å². The highest BCUT2D eigenvalue weighted by Crippen LogP contribution is 2.64. The average Bonchev–Trinajstić information content (AvgIpc) is 3.69. The van der Waals surface area contributed by atoms with Gasteiger partial charge in [0, 0.05) is 17.3 Å². The molecule has 0 fully saturated rings. The Morgan fingerprint density at radius 1 is 0.468 bits per heavy atom. The molecule has 0 bridgehead atoms. The van der Waals surface area contributed by atoms with Crippen LogP contribution < -0.4 is 0 Å². The Morgan fingerprint density at radius 2 is 1.02 bits per heavy atom. The van der Waals surface area contributed by atoms with E-state index in [9.17, 15) is 0 Å². The third kappa shape index (κ3) is 4.14. The molecular formula is C47H36. The van der Waals surface area contributed by atoms with E-state index in [4.69, 9.17) is 0 Å². The minimum absolute atomic E-state index is 0.0716. The van der Waals surface area contributed by atoms with Crippen LogP contribution in [0.15, 0.2) is 164 Å². The van der Waals surface area contributed by atoms with Crippen LogP contribution >= 0.6 is 0 Å². The number of aryl methyl sites for hydroxylation is 2. The molecule has 0 amide bonds. The van der Waals surface area contributed by atoms with Crippen LogP contribution in [0.25, 0.3) is 39.1 Å². The molecule has 0 aromatic heterocycles. The minimum atomic E-state index is -0.438. The van der Waals surface area contributed by atoms with Crippen LogP contribution in [0, 0.1) is 13.8 Å². The Balaban J connectivity index is 1.42. The van der Waals surface area contributed by atoms with Gasteiger partial charge in [-0.3, -0.25) is 0 Å². The third-order valence-corrected chi connectivity index (χ3v) is 10.8. The Labute approximate surface area is 277 Å². The minimum Gasteiger partial charge on any atom is -0.0751 e. The van der Waals surface area contributed by atoms with Gasteiger partial charge >= 0.3 is 0 Å². The molecule has 7 aromatic rings. The average molecular weight is 601 g/mol. The maximum absolute atomic E-state index is 2.52. The van der Waals surface area contributed by atoms with Crippen molar-refractivity contribution in [2.45, 2.75) is 31.1 Å². The highest BCUT2D eigenvalue weighted by atomic mass is 14.5. The maximum Gasteiger partial charge on any atom is 0.0415 e. The van der Waals surface area contributed by atoms with Gasteiger partial charge in [0.05, 0.1) is 0 Å². The van der Waals surface area contributed by atoms with E-state index in [1.165, 1.54) is 77.5 Å². The molecule has 0 saturated carbocycles. The molecule has 2 aliphatic rings. The second kappa shape index (κ2) is 10.8. The number of hydrogen-bond acceptors (Lipinski definition) is 0. The van der Waals surface area contributed by atoms with Crippen molar-refractivity contribution in [3.8, 4) is 22.3 Å². The predicted octanol–water partition coefficient (Wildman–Crippen LogP) is 12.0. The lowest BCUT2D eigenvalue weighted by molar-refractivity contribution is 0.417. The summed E-state index contributed by atoms with van der Waals surface area (Å²) < 4.78 is 0. The van der Waals surface area contributed by atoms with Crippen molar-refractivity contribution >= 4 is 16.8 Å². The lowest BCUT2D eigenvalue weighted by Gasteiger charge is -2.46. The second-order valence-corrected chi connectivity index (χ2v) is 13.4. The molecule has 0 saturated heterocycles. The molecular weight excluding hydrogens is 565 g/mol. The topological polar surface area (TPSA) is 0 Å². The van der Waals surface area contributed by atoms with E-state index >= 15 is 0 Å². The van der Waals surface area contributed by atoms with E-state index in [0.29, 0.717) is 0 Å². The molecule has 47 heavy (non-hydrogen) atoms. The third-order valence-electron chi connectivity index (χ3n) is 10.8. The number of benzene rings is 7. The van der Waals surface area contributed by atoms with E-state index in [-0.39, 0.29) is 11.8 Å². The van der Waals surface area contributed by atoms with E-state index in [1.807, 2.05) is 0 Å². The standard InChI is InChI=1S/C47H36/c1-31-23-26-39-40-27-24-32(2)30-43(40)46(42(39)29-31)47(35-16-5-3-6-17-35,36-18-7-4-8-19-36)44-28-25-34-15-12-22-41(45(34)44)38-21-11-14-33-13-9-10-20-37(33)38/h3-30,44,46H,1-2H3. The van der Waals surface area contributed by atoms with E-state index in [1.54, 1.807) is 0 Å². The fraction of sp³-hybridized carbons (Fsp3) is 0.106. The molecule has 0 heteroatoms. The summed E-state index contributed by atoms with van der Waals surface area (Å²) in [6.07, 6.45) is 4.90. The SMILES string of the molecule is Cc1ccc2c(c1)C(C(c1ccccc1)(c1ccccc1)C1C=Cc3cccc(-c4cccc5ccccc45)c31)c1cc(C)ccc1-2. The van der Waals surface area contributed by atoms with Gasteiger partial charge in [-0.2, -0.15) is 0 Å². The summed E-state index contributed by atoms with van der Waals surface area (Å²) in [6.45, 7) is 4.48. The first-order valence-corrected chi connectivity index (χ1v) is 16.8. The zero-order valence-electron chi connectivity index (χ0n) is 26.8. The molecule has 1 atom stereocenters. The van der Waals surface area contributed by atoms with Crippen molar-refractivity contribution in [3.05, 3.63) is 208 Å². The molecule has 7 aromatic carbocycles. The first-order chi connectivity index (χ1) is 23.1. The maximum atomic E-state index is 2.52. The summed E-state index contributed by atoms with van der Waals surface area (Å²) >= 11 is 0. The molecule has 9 rings (SSSR count). The van der Waals surface area contributed by atoms with Crippen molar-refractivity contribution in [3.63, 3.8) is 0 Å². The number of allylic oxidation sites excluding steroid dienone is 1. The Hall–Kier alpha value is -5.46. The molecule has 224 valence electrons. The molecule has 0 radical (unpaired) electrons. The Bertz CT molecular complexity index is 2230. The van der Waals surface area contributed by atoms with Gasteiger partial charge in [0.15, 0.2) is 0 Å². The van der Waals surface area contributed by atoms with Crippen LogP contribution in [-0.4, -0.2) is 0 Å².